The SMILES string of the molecule is COc1[c]cccc1-c1cc(F)ccc1F. The second-order valence-electron chi connectivity index (χ2n) is 3.24. The van der Waals surface area contributed by atoms with E-state index >= 15 is 0 Å². The predicted octanol–water partition coefficient (Wildman–Crippen LogP) is 3.44. The molecule has 0 heterocycles. The number of rotatable bonds is 2. The Morgan fingerprint density at radius 1 is 1.12 bits per heavy atom. The molecule has 1 nitrogen and oxygen atoms in total. The van der Waals surface area contributed by atoms with Gasteiger partial charge in [-0.1, -0.05) is 18.2 Å². The number of para-hydroxylation sites is 1. The Morgan fingerprint density at radius 2 is 1.94 bits per heavy atom. The topological polar surface area (TPSA) is 9.23 Å². The van der Waals surface area contributed by atoms with Crippen LogP contribution in [0.3, 0.4) is 0 Å². The van der Waals surface area contributed by atoms with Gasteiger partial charge in [0.15, 0.2) is 0 Å². The molecule has 0 amide bonds. The van der Waals surface area contributed by atoms with Crippen LogP contribution in [0.1, 0.15) is 0 Å². The summed E-state index contributed by atoms with van der Waals surface area (Å²) in [6.07, 6.45) is 0. The minimum absolute atomic E-state index is 0.175. The molecule has 2 aromatic rings. The van der Waals surface area contributed by atoms with Gasteiger partial charge in [-0.05, 0) is 18.2 Å². The molecular formula is C13H9F2O. The number of ether oxygens (including phenoxy) is 1. The van der Waals surface area contributed by atoms with Gasteiger partial charge in [-0.2, -0.15) is 0 Å². The Bertz CT molecular complexity index is 509. The van der Waals surface area contributed by atoms with Crippen LogP contribution in [0.15, 0.2) is 36.4 Å². The van der Waals surface area contributed by atoms with Gasteiger partial charge in [-0.15, -0.1) is 0 Å². The molecule has 16 heavy (non-hydrogen) atoms. The molecule has 0 fully saturated rings. The Hall–Kier alpha value is -1.90. The fraction of sp³-hybridized carbons (Fsp3) is 0.0769. The molecule has 81 valence electrons. The molecule has 0 aliphatic rings. The highest BCUT2D eigenvalue weighted by Crippen LogP contribution is 2.31. The fourth-order valence-electron chi connectivity index (χ4n) is 1.51. The van der Waals surface area contributed by atoms with E-state index < -0.39 is 11.6 Å². The summed E-state index contributed by atoms with van der Waals surface area (Å²) < 4.78 is 31.6. The van der Waals surface area contributed by atoms with Crippen molar-refractivity contribution in [2.24, 2.45) is 0 Å². The van der Waals surface area contributed by atoms with Crippen LogP contribution in [0.25, 0.3) is 11.1 Å². The molecule has 3 heteroatoms. The number of hydrogen-bond donors (Lipinski definition) is 0. The predicted molar refractivity (Wildman–Crippen MR) is 57.2 cm³/mol. The first-order chi connectivity index (χ1) is 7.72. The molecule has 0 aromatic heterocycles. The van der Waals surface area contributed by atoms with Crippen LogP contribution < -0.4 is 4.74 Å². The van der Waals surface area contributed by atoms with Gasteiger partial charge in [0.1, 0.15) is 17.4 Å². The third-order valence-electron chi connectivity index (χ3n) is 2.24. The zero-order valence-electron chi connectivity index (χ0n) is 8.63. The van der Waals surface area contributed by atoms with Crippen molar-refractivity contribution in [2.75, 3.05) is 7.11 Å². The quantitative estimate of drug-likeness (QED) is 0.751. The van der Waals surface area contributed by atoms with Gasteiger partial charge in [-0.3, -0.25) is 0 Å². The monoisotopic (exact) mass is 219 g/mol. The van der Waals surface area contributed by atoms with Gasteiger partial charge < -0.3 is 4.74 Å². The molecule has 2 aromatic carbocycles. The zero-order valence-corrected chi connectivity index (χ0v) is 8.63. The van der Waals surface area contributed by atoms with Gasteiger partial charge in [0, 0.05) is 17.2 Å². The maximum absolute atomic E-state index is 13.5. The van der Waals surface area contributed by atoms with E-state index in [0.717, 1.165) is 18.2 Å². The third-order valence-corrected chi connectivity index (χ3v) is 2.24. The lowest BCUT2D eigenvalue weighted by atomic mass is 10.0. The second-order valence-corrected chi connectivity index (χ2v) is 3.24. The average molecular weight is 219 g/mol. The van der Waals surface area contributed by atoms with Crippen molar-refractivity contribution in [1.82, 2.24) is 0 Å². The summed E-state index contributed by atoms with van der Waals surface area (Å²) in [5, 5.41) is 0. The highest BCUT2D eigenvalue weighted by atomic mass is 19.1. The lowest BCUT2D eigenvalue weighted by Gasteiger charge is -2.08. The molecule has 0 saturated carbocycles. The minimum Gasteiger partial charge on any atom is -0.495 e. The summed E-state index contributed by atoms with van der Waals surface area (Å²) in [6.45, 7) is 0. The van der Waals surface area contributed by atoms with Gasteiger partial charge >= 0.3 is 0 Å². The molecule has 0 aliphatic carbocycles. The number of benzene rings is 2. The summed E-state index contributed by atoms with van der Waals surface area (Å²) in [5.74, 6) is -0.575. The molecule has 0 bridgehead atoms. The molecule has 0 atom stereocenters. The smallest absolute Gasteiger partial charge is 0.134 e. The van der Waals surface area contributed by atoms with Crippen LogP contribution in [-0.4, -0.2) is 7.11 Å². The molecule has 0 aliphatic heterocycles. The Balaban J connectivity index is 2.62. The number of hydrogen-bond acceptors (Lipinski definition) is 1. The van der Waals surface area contributed by atoms with Crippen LogP contribution in [0.5, 0.6) is 5.75 Å². The first-order valence-corrected chi connectivity index (χ1v) is 4.72. The van der Waals surface area contributed by atoms with Gasteiger partial charge in [0.2, 0.25) is 0 Å². The van der Waals surface area contributed by atoms with Crippen molar-refractivity contribution >= 4 is 0 Å². The minimum atomic E-state index is -0.487. The van der Waals surface area contributed by atoms with E-state index in [2.05, 4.69) is 6.07 Å². The molecule has 0 saturated heterocycles. The molecule has 1 radical (unpaired) electrons. The normalized spacial score (nSPS) is 10.2. The van der Waals surface area contributed by atoms with E-state index in [1.165, 1.54) is 7.11 Å². The van der Waals surface area contributed by atoms with Gasteiger partial charge in [0.05, 0.1) is 7.11 Å². The molecule has 0 unspecified atom stereocenters. The van der Waals surface area contributed by atoms with Crippen LogP contribution in [0.4, 0.5) is 8.78 Å². The lowest BCUT2D eigenvalue weighted by molar-refractivity contribution is 0.415. The van der Waals surface area contributed by atoms with E-state index in [0.29, 0.717) is 11.3 Å². The average Bonchev–Trinajstić information content (AvgIpc) is 2.32. The van der Waals surface area contributed by atoms with Gasteiger partial charge in [0.25, 0.3) is 0 Å². The fourth-order valence-corrected chi connectivity index (χ4v) is 1.51. The molecular weight excluding hydrogens is 210 g/mol. The number of halogens is 2. The molecule has 2 rings (SSSR count). The Labute approximate surface area is 92.3 Å². The van der Waals surface area contributed by atoms with Crippen molar-refractivity contribution in [3.05, 3.63) is 54.1 Å². The van der Waals surface area contributed by atoms with Crippen LogP contribution in [0.2, 0.25) is 0 Å². The van der Waals surface area contributed by atoms with Crippen molar-refractivity contribution < 1.29 is 13.5 Å². The lowest BCUT2D eigenvalue weighted by Crippen LogP contribution is -1.91. The maximum atomic E-state index is 13.5. The Morgan fingerprint density at radius 3 is 2.69 bits per heavy atom. The van der Waals surface area contributed by atoms with Gasteiger partial charge in [-0.25, -0.2) is 8.78 Å². The summed E-state index contributed by atoms with van der Waals surface area (Å²) >= 11 is 0. The standard InChI is InChI=1S/C13H9F2O/c1-16-13-5-3-2-4-10(13)11-8-9(14)6-7-12(11)15/h2-4,6-8H,1H3. The molecule has 0 spiro atoms. The Kier molecular flexibility index (Phi) is 2.86. The first kappa shape index (κ1) is 10.6. The van der Waals surface area contributed by atoms with Crippen molar-refractivity contribution in [3.63, 3.8) is 0 Å². The van der Waals surface area contributed by atoms with Crippen LogP contribution >= 0.6 is 0 Å². The second kappa shape index (κ2) is 4.31. The van der Waals surface area contributed by atoms with Crippen LogP contribution in [-0.2, 0) is 0 Å². The largest absolute Gasteiger partial charge is 0.495 e. The highest BCUT2D eigenvalue weighted by molar-refractivity contribution is 5.70. The third kappa shape index (κ3) is 1.89. The van der Waals surface area contributed by atoms with Crippen molar-refractivity contribution in [1.29, 1.82) is 0 Å². The van der Waals surface area contributed by atoms with Crippen LogP contribution in [0, 0.1) is 17.7 Å². The first-order valence-electron chi connectivity index (χ1n) is 4.72. The molecule has 0 N–H and O–H groups in total. The zero-order chi connectivity index (χ0) is 11.5. The summed E-state index contributed by atoms with van der Waals surface area (Å²) in [4.78, 5) is 0. The summed E-state index contributed by atoms with van der Waals surface area (Å²) in [6, 6.07) is 11.1. The summed E-state index contributed by atoms with van der Waals surface area (Å²) in [5.41, 5.74) is 0.663. The van der Waals surface area contributed by atoms with E-state index in [1.54, 1.807) is 18.2 Å². The van der Waals surface area contributed by atoms with Crippen molar-refractivity contribution in [3.8, 4) is 16.9 Å². The van der Waals surface area contributed by atoms with E-state index in [-0.39, 0.29) is 5.56 Å². The van der Waals surface area contributed by atoms with Crippen molar-refractivity contribution in [2.45, 2.75) is 0 Å². The highest BCUT2D eigenvalue weighted by Gasteiger charge is 2.10. The van der Waals surface area contributed by atoms with E-state index in [9.17, 15) is 8.78 Å². The number of methoxy groups -OCH3 is 1. The maximum Gasteiger partial charge on any atom is 0.134 e. The summed E-state index contributed by atoms with van der Waals surface area (Å²) in [7, 11) is 1.46. The van der Waals surface area contributed by atoms with E-state index in [1.807, 2.05) is 0 Å². The van der Waals surface area contributed by atoms with E-state index in [4.69, 9.17) is 4.74 Å².